The van der Waals surface area contributed by atoms with E-state index in [1.807, 2.05) is 6.07 Å². The Morgan fingerprint density at radius 3 is 2.76 bits per heavy atom. The number of H-pyrrole nitrogens is 1. The molecule has 6 nitrogen and oxygen atoms in total. The summed E-state index contributed by atoms with van der Waals surface area (Å²) in [5.74, 6) is 0.136. The molecule has 1 atom stereocenters. The summed E-state index contributed by atoms with van der Waals surface area (Å²) in [6.45, 7) is 10.5. The maximum atomic E-state index is 13.0. The highest BCUT2D eigenvalue weighted by atomic mass is 32.2. The number of Topliss-reactive ketones (excluding diaryl/α,β-unsaturated/α-hetero) is 1. The van der Waals surface area contributed by atoms with Crippen molar-refractivity contribution in [2.45, 2.75) is 64.3 Å². The number of carbonyl (C=O) groups excluding carboxylic acids is 1. The van der Waals surface area contributed by atoms with Crippen LogP contribution in [0.3, 0.4) is 0 Å². The van der Waals surface area contributed by atoms with Crippen LogP contribution >= 0.6 is 0 Å². The number of aromatic nitrogens is 1. The van der Waals surface area contributed by atoms with Gasteiger partial charge in [-0.25, -0.2) is 13.1 Å². The highest BCUT2D eigenvalue weighted by molar-refractivity contribution is 7.89. The van der Waals surface area contributed by atoms with Gasteiger partial charge in [-0.3, -0.25) is 9.69 Å². The molecular formula is C22H31N3O3S. The van der Waals surface area contributed by atoms with Crippen molar-refractivity contribution >= 4 is 26.7 Å². The van der Waals surface area contributed by atoms with Crippen LogP contribution < -0.4 is 4.72 Å². The lowest BCUT2D eigenvalue weighted by atomic mass is 9.76. The number of nitrogens with one attached hydrogen (secondary N) is 2. The number of hydrogen-bond donors (Lipinski definition) is 2. The largest absolute Gasteiger partial charge is 0.358 e. The number of aromatic amines is 1. The molecule has 1 saturated heterocycles. The van der Waals surface area contributed by atoms with E-state index in [9.17, 15) is 13.2 Å². The molecular weight excluding hydrogens is 386 g/mol. The minimum atomic E-state index is -3.62. The van der Waals surface area contributed by atoms with E-state index < -0.39 is 10.0 Å². The van der Waals surface area contributed by atoms with Gasteiger partial charge in [0.25, 0.3) is 0 Å². The first-order valence-corrected chi connectivity index (χ1v) is 12.0. The maximum Gasteiger partial charge on any atom is 0.240 e. The molecule has 1 aromatic heterocycles. The molecule has 4 rings (SSSR count). The third kappa shape index (κ3) is 3.76. The predicted molar refractivity (Wildman–Crippen MR) is 115 cm³/mol. The second-order valence-corrected chi connectivity index (χ2v) is 11.1. The maximum absolute atomic E-state index is 13.0. The second-order valence-electron chi connectivity index (χ2n) is 9.36. The van der Waals surface area contributed by atoms with Crippen molar-refractivity contribution < 1.29 is 13.2 Å². The lowest BCUT2D eigenvalue weighted by molar-refractivity contribution is 0.0913. The van der Waals surface area contributed by atoms with E-state index >= 15 is 0 Å². The van der Waals surface area contributed by atoms with Crippen LogP contribution in [0.4, 0.5) is 0 Å². The zero-order valence-electron chi connectivity index (χ0n) is 17.8. The minimum Gasteiger partial charge on any atom is -0.358 e. The smallest absolute Gasteiger partial charge is 0.240 e. The van der Waals surface area contributed by atoms with Crippen LogP contribution in [-0.4, -0.2) is 49.8 Å². The molecule has 7 heteroatoms. The summed E-state index contributed by atoms with van der Waals surface area (Å²) in [5, 5.41) is 0.838. The Bertz CT molecular complexity index is 1070. The SMILES string of the molecule is CCN1CCC[C@H]1CNS(=O)(=O)c1cc2[nH]c3c(c2cc1C)C(=O)CC(C)(C)C3. The summed E-state index contributed by atoms with van der Waals surface area (Å²) < 4.78 is 28.9. The lowest BCUT2D eigenvalue weighted by Gasteiger charge is -2.28. The molecule has 29 heavy (non-hydrogen) atoms. The van der Waals surface area contributed by atoms with Crippen molar-refractivity contribution in [1.82, 2.24) is 14.6 Å². The Morgan fingerprint density at radius 1 is 1.28 bits per heavy atom. The second kappa shape index (κ2) is 7.22. The Kier molecular flexibility index (Phi) is 5.12. The van der Waals surface area contributed by atoms with Crippen molar-refractivity contribution in [1.29, 1.82) is 0 Å². The van der Waals surface area contributed by atoms with Crippen LogP contribution in [0.2, 0.25) is 0 Å². The number of carbonyl (C=O) groups is 1. The molecule has 2 heterocycles. The zero-order valence-corrected chi connectivity index (χ0v) is 18.6. The first-order valence-electron chi connectivity index (χ1n) is 10.5. The van der Waals surface area contributed by atoms with Gasteiger partial charge in [0.2, 0.25) is 10.0 Å². The van der Waals surface area contributed by atoms with Gasteiger partial charge in [0.15, 0.2) is 5.78 Å². The first kappa shape index (κ1) is 20.6. The number of hydrogen-bond acceptors (Lipinski definition) is 4. The number of ketones is 1. The highest BCUT2D eigenvalue weighted by Crippen LogP contribution is 2.39. The fraction of sp³-hybridized carbons (Fsp3) is 0.591. The van der Waals surface area contributed by atoms with Crippen molar-refractivity contribution in [2.24, 2.45) is 5.41 Å². The third-order valence-corrected chi connectivity index (χ3v) is 8.01. The predicted octanol–water partition coefficient (Wildman–Crippen LogP) is 3.39. The summed E-state index contributed by atoms with van der Waals surface area (Å²) in [4.78, 5) is 18.7. The Morgan fingerprint density at radius 2 is 2.03 bits per heavy atom. The van der Waals surface area contributed by atoms with Crippen molar-refractivity contribution in [2.75, 3.05) is 19.6 Å². The standard InChI is InChI=1S/C22H31N3O3S/c1-5-25-8-6-7-15(25)13-23-29(27,28)20-10-17-16(9-14(20)2)21-18(24-17)11-22(3,4)12-19(21)26/h9-10,15,23-24H,5-8,11-13H2,1-4H3/t15-/m0/s1. The van der Waals surface area contributed by atoms with Gasteiger partial charge >= 0.3 is 0 Å². The number of fused-ring (bicyclic) bond motifs is 3. The number of sulfonamides is 1. The van der Waals surface area contributed by atoms with E-state index in [0.29, 0.717) is 18.5 Å². The molecule has 1 aromatic carbocycles. The topological polar surface area (TPSA) is 82.3 Å². The quantitative estimate of drug-likeness (QED) is 0.781. The lowest BCUT2D eigenvalue weighted by Crippen LogP contribution is -2.40. The minimum absolute atomic E-state index is 0.0805. The van der Waals surface area contributed by atoms with Gasteiger partial charge < -0.3 is 4.98 Å². The monoisotopic (exact) mass is 417 g/mol. The average molecular weight is 418 g/mol. The van der Waals surface area contributed by atoms with E-state index in [-0.39, 0.29) is 22.1 Å². The Hall–Kier alpha value is -1.70. The van der Waals surface area contributed by atoms with E-state index in [1.165, 1.54) is 0 Å². The summed E-state index contributed by atoms with van der Waals surface area (Å²) in [6, 6.07) is 3.80. The molecule has 1 fully saturated rings. The van der Waals surface area contributed by atoms with Crippen LogP contribution in [0.25, 0.3) is 10.9 Å². The van der Waals surface area contributed by atoms with Gasteiger partial charge in [0.05, 0.1) is 4.90 Å². The van der Waals surface area contributed by atoms with Gasteiger partial charge in [0, 0.05) is 41.2 Å². The van der Waals surface area contributed by atoms with Crippen LogP contribution in [-0.2, 0) is 16.4 Å². The number of rotatable bonds is 5. The van der Waals surface area contributed by atoms with Crippen LogP contribution in [0, 0.1) is 12.3 Å². The van der Waals surface area contributed by atoms with Gasteiger partial charge in [-0.2, -0.15) is 0 Å². The van der Waals surface area contributed by atoms with Crippen molar-refractivity contribution in [3.05, 3.63) is 29.0 Å². The number of benzene rings is 1. The number of aryl methyl sites for hydroxylation is 1. The fourth-order valence-electron chi connectivity index (χ4n) is 5.02. The van der Waals surface area contributed by atoms with Crippen LogP contribution in [0.5, 0.6) is 0 Å². The highest BCUT2D eigenvalue weighted by Gasteiger charge is 2.34. The molecule has 1 aliphatic carbocycles. The molecule has 0 radical (unpaired) electrons. The number of likely N-dealkylation sites (tertiary alicyclic amines) is 1. The summed E-state index contributed by atoms with van der Waals surface area (Å²) in [7, 11) is -3.62. The van der Waals surface area contributed by atoms with Gasteiger partial charge in [-0.15, -0.1) is 0 Å². The summed E-state index contributed by atoms with van der Waals surface area (Å²) in [6.07, 6.45) is 3.44. The first-order chi connectivity index (χ1) is 13.6. The van der Waals surface area contributed by atoms with Gasteiger partial charge in [-0.1, -0.05) is 20.8 Å². The number of likely N-dealkylation sites (N-methyl/N-ethyl adjacent to an activating group) is 1. The molecule has 0 bridgehead atoms. The Labute approximate surface area is 173 Å². The number of nitrogens with zero attached hydrogens (tertiary/aromatic N) is 1. The van der Waals surface area contributed by atoms with Crippen LogP contribution in [0.15, 0.2) is 17.0 Å². The molecule has 1 aliphatic heterocycles. The van der Waals surface area contributed by atoms with E-state index in [4.69, 9.17) is 0 Å². The molecule has 0 unspecified atom stereocenters. The fourth-order valence-corrected chi connectivity index (χ4v) is 6.34. The van der Waals surface area contributed by atoms with Crippen molar-refractivity contribution in [3.8, 4) is 0 Å². The summed E-state index contributed by atoms with van der Waals surface area (Å²) in [5.41, 5.74) is 2.98. The third-order valence-electron chi connectivity index (χ3n) is 6.45. The van der Waals surface area contributed by atoms with Gasteiger partial charge in [0.1, 0.15) is 0 Å². The normalized spacial score (nSPS) is 22.3. The molecule has 0 amide bonds. The van der Waals surface area contributed by atoms with Gasteiger partial charge in [-0.05, 0) is 62.4 Å². The molecule has 0 saturated carbocycles. The molecule has 2 aromatic rings. The molecule has 2 N–H and O–H groups in total. The average Bonchev–Trinajstić information content (AvgIpc) is 3.21. The van der Waals surface area contributed by atoms with E-state index in [0.717, 1.165) is 54.5 Å². The molecule has 2 aliphatic rings. The Balaban J connectivity index is 1.66. The van der Waals surface area contributed by atoms with Crippen molar-refractivity contribution in [3.63, 3.8) is 0 Å². The van der Waals surface area contributed by atoms with Crippen LogP contribution in [0.1, 0.15) is 61.6 Å². The molecule has 0 spiro atoms. The zero-order chi connectivity index (χ0) is 21.0. The summed E-state index contributed by atoms with van der Waals surface area (Å²) >= 11 is 0. The molecule has 158 valence electrons. The van der Waals surface area contributed by atoms with E-state index in [2.05, 4.69) is 35.4 Å². The van der Waals surface area contributed by atoms with E-state index in [1.54, 1.807) is 13.0 Å².